The minimum atomic E-state index is -2.68. The Morgan fingerprint density at radius 2 is 1.20 bits per heavy atom. The molecule has 0 fully saturated rings. The molecule has 2 atom stereocenters. The van der Waals surface area contributed by atoms with Crippen molar-refractivity contribution in [3.05, 3.63) is 127 Å². The van der Waals surface area contributed by atoms with Gasteiger partial charge in [-0.15, -0.1) is 0 Å². The molecule has 0 saturated carbocycles. The average Bonchev–Trinajstić information content (AvgIpc) is 3.46. The zero-order valence-electron chi connectivity index (χ0n) is 26.9. The summed E-state index contributed by atoms with van der Waals surface area (Å²) in [6.07, 6.45) is 0. The van der Waals surface area contributed by atoms with Crippen LogP contribution in [0.15, 0.2) is 151 Å². The van der Waals surface area contributed by atoms with Gasteiger partial charge in [0.05, 0.1) is 16.1 Å². The average molecular weight is 772 g/mol. The minimum Gasteiger partial charge on any atom is -0.439 e. The van der Waals surface area contributed by atoms with Gasteiger partial charge in [-0.05, 0) is 66.1 Å². The SMILES string of the molecule is CC(C)c1c2c(cc3c1Sc1cccc4c1P3(=S)c1c(n(-c3ccccc3)c3ccccc13)O4)P1(=S)c3ccccc3Sc3cccc(c31)S2. The highest BCUT2D eigenvalue weighted by Gasteiger charge is 2.49. The van der Waals surface area contributed by atoms with Crippen LogP contribution in [0.25, 0.3) is 16.6 Å². The Labute approximate surface area is 314 Å². The fourth-order valence-corrected chi connectivity index (χ4v) is 25.1. The van der Waals surface area contributed by atoms with E-state index in [0.29, 0.717) is 0 Å². The van der Waals surface area contributed by atoms with Crippen molar-refractivity contribution < 1.29 is 4.74 Å². The summed E-state index contributed by atoms with van der Waals surface area (Å²) in [5.41, 5.74) is 3.57. The van der Waals surface area contributed by atoms with Gasteiger partial charge in [0.1, 0.15) is 5.75 Å². The monoisotopic (exact) mass is 771 g/mol. The van der Waals surface area contributed by atoms with Crippen LogP contribution in [0.1, 0.15) is 25.3 Å². The molecule has 0 spiro atoms. The van der Waals surface area contributed by atoms with Crippen molar-refractivity contribution in [3.63, 3.8) is 0 Å². The summed E-state index contributed by atoms with van der Waals surface area (Å²) in [7, 11) is 0. The highest BCUT2D eigenvalue weighted by atomic mass is 32.4. The van der Waals surface area contributed by atoms with Gasteiger partial charge in [-0.2, -0.15) is 0 Å². The van der Waals surface area contributed by atoms with Gasteiger partial charge in [0.2, 0.25) is 5.88 Å². The number of benzene rings is 6. The molecule has 1 aromatic heterocycles. The van der Waals surface area contributed by atoms with Crippen molar-refractivity contribution in [3.8, 4) is 17.3 Å². The van der Waals surface area contributed by atoms with E-state index in [9.17, 15) is 0 Å². The van der Waals surface area contributed by atoms with Crippen molar-refractivity contribution >= 4 is 114 Å². The van der Waals surface area contributed by atoms with Crippen LogP contribution in [-0.2, 0) is 23.6 Å². The molecule has 0 bridgehead atoms. The number of fused-ring (bicyclic) bond motifs is 10. The first kappa shape index (κ1) is 30.6. The van der Waals surface area contributed by atoms with Crippen molar-refractivity contribution in [1.82, 2.24) is 4.57 Å². The Morgan fingerprint density at radius 1 is 0.580 bits per heavy atom. The molecule has 0 radical (unpaired) electrons. The van der Waals surface area contributed by atoms with Crippen LogP contribution in [-0.4, -0.2) is 4.57 Å². The summed E-state index contributed by atoms with van der Waals surface area (Å²) in [4.78, 5) is 7.79. The molecule has 0 amide bonds. The summed E-state index contributed by atoms with van der Waals surface area (Å²) in [6.45, 7) is 4.69. The summed E-state index contributed by atoms with van der Waals surface area (Å²) in [5.74, 6) is 2.00. The lowest BCUT2D eigenvalue weighted by Crippen LogP contribution is -2.40. The maximum atomic E-state index is 7.38. The van der Waals surface area contributed by atoms with E-state index in [1.165, 1.54) is 66.8 Å². The third-order valence-electron chi connectivity index (χ3n) is 10.2. The van der Waals surface area contributed by atoms with Crippen LogP contribution >= 0.6 is 47.4 Å². The molecule has 2 unspecified atom stereocenters. The first-order valence-corrected chi connectivity index (χ1v) is 24.6. The smallest absolute Gasteiger partial charge is 0.214 e. The van der Waals surface area contributed by atoms with Gasteiger partial charge >= 0.3 is 0 Å². The topological polar surface area (TPSA) is 14.2 Å². The van der Waals surface area contributed by atoms with Gasteiger partial charge in [-0.3, -0.25) is 4.57 Å². The van der Waals surface area contributed by atoms with Crippen LogP contribution in [0.5, 0.6) is 11.6 Å². The van der Waals surface area contributed by atoms with Gasteiger partial charge in [-0.1, -0.05) is 139 Å². The lowest BCUT2D eigenvalue weighted by Gasteiger charge is -2.42. The highest BCUT2D eigenvalue weighted by molar-refractivity contribution is 8.28. The Kier molecular flexibility index (Phi) is 6.60. The van der Waals surface area contributed by atoms with Crippen LogP contribution < -0.4 is 36.6 Å². The Balaban J connectivity index is 1.30. The molecule has 242 valence electrons. The maximum absolute atomic E-state index is 7.38. The van der Waals surface area contributed by atoms with E-state index in [1.54, 1.807) is 0 Å². The molecular weight excluding hydrogens is 745 g/mol. The maximum Gasteiger partial charge on any atom is 0.214 e. The zero-order valence-corrected chi connectivity index (χ0v) is 32.8. The Bertz CT molecular complexity index is 2770. The molecule has 0 aliphatic carbocycles. The molecular formula is C41H27NOP2S5. The lowest BCUT2D eigenvalue weighted by molar-refractivity contribution is 0.460. The number of para-hydroxylation sites is 2. The Hall–Kier alpha value is -2.99. The standard InChI is InChI=1S/C41H27NOP2S5/c1-23(2)35-39-29(44(46)28-17-8-9-18-31(28)48-33-20-11-21-34(50-39)38(33)44)22-30-40(35)49-32-19-10-16-27-37(32)45(30,47)36-25-14-6-7-15-26(25)42(41(36)43-27)24-12-4-3-5-13-24/h3-23H,1-2H3. The lowest BCUT2D eigenvalue weighted by atomic mass is 10.0. The molecule has 9 heteroatoms. The second kappa shape index (κ2) is 10.8. The highest BCUT2D eigenvalue weighted by Crippen LogP contribution is 2.65. The molecule has 7 aromatic rings. The third kappa shape index (κ3) is 3.82. The first-order chi connectivity index (χ1) is 24.4. The van der Waals surface area contributed by atoms with E-state index in [-0.39, 0.29) is 5.92 Å². The quantitative estimate of drug-likeness (QED) is 0.162. The molecule has 4 aliphatic heterocycles. The predicted octanol–water partition coefficient (Wildman–Crippen LogP) is 9.76. The predicted molar refractivity (Wildman–Crippen MR) is 222 cm³/mol. The number of hydrogen-bond acceptors (Lipinski definition) is 6. The van der Waals surface area contributed by atoms with Crippen molar-refractivity contribution in [2.75, 3.05) is 0 Å². The van der Waals surface area contributed by atoms with E-state index >= 15 is 0 Å². The summed E-state index contributed by atoms with van der Waals surface area (Å²) >= 11 is 20.3. The zero-order chi connectivity index (χ0) is 33.5. The normalized spacial score (nSPS) is 20.2. The number of aromatic nitrogens is 1. The van der Waals surface area contributed by atoms with Gasteiger partial charge in [0.15, 0.2) is 0 Å². The molecule has 0 N–H and O–H groups in total. The number of ether oxygens (including phenoxy) is 1. The molecule has 4 aliphatic rings. The summed E-state index contributed by atoms with van der Waals surface area (Å²) < 4.78 is 9.32. The number of rotatable bonds is 2. The van der Waals surface area contributed by atoms with Crippen LogP contribution in [0, 0.1) is 0 Å². The fraction of sp³-hybridized carbons (Fsp3) is 0.0732. The largest absolute Gasteiger partial charge is 0.439 e. The molecule has 6 aromatic carbocycles. The first-order valence-electron chi connectivity index (χ1n) is 16.6. The van der Waals surface area contributed by atoms with E-state index in [1.807, 2.05) is 35.3 Å². The summed E-state index contributed by atoms with van der Waals surface area (Å²) in [6, 6.07) is 38.9. The Morgan fingerprint density at radius 3 is 1.98 bits per heavy atom. The minimum absolute atomic E-state index is 0.275. The molecule has 0 saturated heterocycles. The van der Waals surface area contributed by atoms with Crippen LogP contribution in [0.3, 0.4) is 0 Å². The van der Waals surface area contributed by atoms with E-state index in [0.717, 1.165) is 28.1 Å². The molecule has 50 heavy (non-hydrogen) atoms. The molecule has 2 nitrogen and oxygen atoms in total. The second-order valence-electron chi connectivity index (χ2n) is 13.3. The molecule has 5 heterocycles. The van der Waals surface area contributed by atoms with Gasteiger partial charge < -0.3 is 4.74 Å². The van der Waals surface area contributed by atoms with E-state index in [2.05, 4.69) is 140 Å². The van der Waals surface area contributed by atoms with Crippen LogP contribution in [0.4, 0.5) is 0 Å². The van der Waals surface area contributed by atoms with Crippen molar-refractivity contribution in [2.45, 2.75) is 49.1 Å². The summed E-state index contributed by atoms with van der Waals surface area (Å²) in [5, 5.41) is 8.78. The molecule has 11 rings (SSSR count). The van der Waals surface area contributed by atoms with Gasteiger partial charge in [0, 0.05) is 73.7 Å². The van der Waals surface area contributed by atoms with Gasteiger partial charge in [0.25, 0.3) is 0 Å². The number of hydrogen-bond donors (Lipinski definition) is 0. The van der Waals surface area contributed by atoms with E-state index < -0.39 is 12.1 Å². The van der Waals surface area contributed by atoms with Crippen molar-refractivity contribution in [2.24, 2.45) is 0 Å². The third-order valence-corrected chi connectivity index (χ3v) is 24.5. The fourth-order valence-electron chi connectivity index (χ4n) is 8.20. The number of nitrogens with zero attached hydrogens (tertiary/aromatic N) is 1. The van der Waals surface area contributed by atoms with Gasteiger partial charge in [-0.25, -0.2) is 0 Å². The van der Waals surface area contributed by atoms with Crippen molar-refractivity contribution in [1.29, 1.82) is 0 Å². The second-order valence-corrected chi connectivity index (χ2v) is 25.0. The van der Waals surface area contributed by atoms with Crippen LogP contribution in [0.2, 0.25) is 0 Å². The van der Waals surface area contributed by atoms with E-state index in [4.69, 9.17) is 28.4 Å².